The van der Waals surface area contributed by atoms with E-state index in [4.69, 9.17) is 4.74 Å². The zero-order valence-electron chi connectivity index (χ0n) is 15.2. The highest BCUT2D eigenvalue weighted by Crippen LogP contribution is 2.18. The van der Waals surface area contributed by atoms with E-state index in [9.17, 15) is 8.42 Å². The molecule has 0 aliphatic heterocycles. The minimum atomic E-state index is -3.52. The second-order valence-electron chi connectivity index (χ2n) is 6.32. The van der Waals surface area contributed by atoms with Gasteiger partial charge in [0, 0.05) is 13.6 Å². The lowest BCUT2D eigenvalue weighted by atomic mass is 10.2. The summed E-state index contributed by atoms with van der Waals surface area (Å²) in [5.41, 5.74) is 3.20. The normalized spacial score (nSPS) is 11.8. The van der Waals surface area contributed by atoms with Crippen molar-refractivity contribution in [3.63, 3.8) is 0 Å². The van der Waals surface area contributed by atoms with Crippen molar-refractivity contribution in [1.82, 2.24) is 4.31 Å². The molecule has 0 fully saturated rings. The zero-order valence-corrected chi connectivity index (χ0v) is 16.9. The molecule has 0 radical (unpaired) electrons. The van der Waals surface area contributed by atoms with Gasteiger partial charge in [0.1, 0.15) is 0 Å². The Morgan fingerprint density at radius 3 is 2.33 bits per heavy atom. The summed E-state index contributed by atoms with van der Waals surface area (Å²) in [6.45, 7) is 1.47. The average Bonchev–Trinajstić information content (AvgIpc) is 3.20. The van der Waals surface area contributed by atoms with E-state index in [1.807, 2.05) is 42.5 Å². The molecule has 0 bridgehead atoms. The highest BCUT2D eigenvalue weighted by atomic mass is 32.2. The molecule has 4 nitrogen and oxygen atoms in total. The Kier molecular flexibility index (Phi) is 6.79. The van der Waals surface area contributed by atoms with E-state index in [0.29, 0.717) is 24.7 Å². The molecule has 6 heteroatoms. The number of sulfonamides is 1. The number of nitrogens with zero attached hydrogens (tertiary/aromatic N) is 1. The van der Waals surface area contributed by atoms with E-state index in [0.717, 1.165) is 17.5 Å². The molecule has 0 amide bonds. The molecular weight excluding hydrogens is 378 g/mol. The van der Waals surface area contributed by atoms with E-state index < -0.39 is 10.0 Å². The number of ether oxygens (including phenoxy) is 1. The fourth-order valence-electron chi connectivity index (χ4n) is 2.68. The largest absolute Gasteiger partial charge is 0.376 e. The fourth-order valence-corrected chi connectivity index (χ4v) is 4.54. The first-order valence-corrected chi connectivity index (χ1v) is 11.1. The molecular formula is C21H23NO3S2. The van der Waals surface area contributed by atoms with E-state index in [1.165, 1.54) is 9.87 Å². The quantitative estimate of drug-likeness (QED) is 0.502. The summed E-state index contributed by atoms with van der Waals surface area (Å²) in [6.07, 6.45) is 0.889. The minimum absolute atomic E-state index is 0.294. The number of rotatable bonds is 9. The van der Waals surface area contributed by atoms with Gasteiger partial charge in [0.25, 0.3) is 0 Å². The third-order valence-electron chi connectivity index (χ3n) is 4.26. The SMILES string of the molecule is CN(Cc1ccccc1)S(=O)(=O)c1ccc(COCCc2ccsc2)cc1. The van der Waals surface area contributed by atoms with Gasteiger partial charge in [0.2, 0.25) is 10.0 Å². The predicted molar refractivity (Wildman–Crippen MR) is 109 cm³/mol. The van der Waals surface area contributed by atoms with Gasteiger partial charge >= 0.3 is 0 Å². The Balaban J connectivity index is 1.55. The summed E-state index contributed by atoms with van der Waals surface area (Å²) in [6, 6.07) is 18.6. The highest BCUT2D eigenvalue weighted by molar-refractivity contribution is 7.89. The number of hydrogen-bond donors (Lipinski definition) is 0. The lowest BCUT2D eigenvalue weighted by Crippen LogP contribution is -2.26. The maximum absolute atomic E-state index is 12.7. The van der Waals surface area contributed by atoms with Gasteiger partial charge in [0.15, 0.2) is 0 Å². The van der Waals surface area contributed by atoms with Crippen LogP contribution in [-0.4, -0.2) is 26.4 Å². The first-order chi connectivity index (χ1) is 13.1. The molecule has 1 aromatic heterocycles. The number of thiophene rings is 1. The van der Waals surface area contributed by atoms with Gasteiger partial charge in [-0.05, 0) is 52.1 Å². The maximum Gasteiger partial charge on any atom is 0.243 e. The van der Waals surface area contributed by atoms with Gasteiger partial charge in [-0.3, -0.25) is 0 Å². The lowest BCUT2D eigenvalue weighted by Gasteiger charge is -2.17. The van der Waals surface area contributed by atoms with Crippen LogP contribution in [-0.2, 0) is 34.3 Å². The van der Waals surface area contributed by atoms with Crippen LogP contribution in [0.25, 0.3) is 0 Å². The van der Waals surface area contributed by atoms with Crippen molar-refractivity contribution in [3.8, 4) is 0 Å². The lowest BCUT2D eigenvalue weighted by molar-refractivity contribution is 0.124. The summed E-state index contributed by atoms with van der Waals surface area (Å²) >= 11 is 1.68. The summed E-state index contributed by atoms with van der Waals surface area (Å²) in [5.74, 6) is 0. The first kappa shape index (κ1) is 19.8. The third-order valence-corrected chi connectivity index (χ3v) is 6.81. The minimum Gasteiger partial charge on any atom is -0.376 e. The van der Waals surface area contributed by atoms with Gasteiger partial charge in [-0.15, -0.1) is 0 Å². The summed E-state index contributed by atoms with van der Waals surface area (Å²) < 4.78 is 32.5. The molecule has 3 aromatic rings. The molecule has 3 rings (SSSR count). The van der Waals surface area contributed by atoms with Gasteiger partial charge in [-0.1, -0.05) is 42.5 Å². The smallest absolute Gasteiger partial charge is 0.243 e. The Morgan fingerprint density at radius 2 is 1.67 bits per heavy atom. The van der Waals surface area contributed by atoms with Crippen LogP contribution in [0.4, 0.5) is 0 Å². The summed E-state index contributed by atoms with van der Waals surface area (Å²) in [7, 11) is -1.91. The third kappa shape index (κ3) is 5.49. The topological polar surface area (TPSA) is 46.6 Å². The standard InChI is InChI=1S/C21H23NO3S2/c1-22(15-18-5-3-2-4-6-18)27(23,24)21-9-7-19(8-10-21)16-25-13-11-20-12-14-26-17-20/h2-10,12,14,17H,11,13,15-16H2,1H3. The molecule has 0 unspecified atom stereocenters. The van der Waals surface area contributed by atoms with Crippen LogP contribution in [0.1, 0.15) is 16.7 Å². The van der Waals surface area contributed by atoms with Gasteiger partial charge in [-0.25, -0.2) is 8.42 Å². The maximum atomic E-state index is 12.7. The zero-order chi connectivity index (χ0) is 19.1. The predicted octanol–water partition coefficient (Wildman–Crippen LogP) is 4.33. The average molecular weight is 402 g/mol. The van der Waals surface area contributed by atoms with Gasteiger partial charge < -0.3 is 4.74 Å². The first-order valence-electron chi connectivity index (χ1n) is 8.74. The van der Waals surface area contributed by atoms with Gasteiger partial charge in [-0.2, -0.15) is 15.6 Å². The Labute approximate surface area is 165 Å². The monoisotopic (exact) mass is 401 g/mol. The Hall–Kier alpha value is -1.99. The molecule has 0 N–H and O–H groups in total. The molecule has 0 aliphatic rings. The van der Waals surface area contributed by atoms with E-state index in [2.05, 4.69) is 16.8 Å². The van der Waals surface area contributed by atoms with Crippen molar-refractivity contribution in [2.75, 3.05) is 13.7 Å². The molecule has 27 heavy (non-hydrogen) atoms. The molecule has 0 aliphatic carbocycles. The molecule has 2 aromatic carbocycles. The van der Waals surface area contributed by atoms with Crippen LogP contribution in [0, 0.1) is 0 Å². The molecule has 0 atom stereocenters. The van der Waals surface area contributed by atoms with Crippen LogP contribution in [0.15, 0.2) is 76.3 Å². The Bertz CT molecular complexity index is 921. The summed E-state index contributed by atoms with van der Waals surface area (Å²) in [5, 5.41) is 4.18. The molecule has 0 saturated heterocycles. The number of benzene rings is 2. The van der Waals surface area contributed by atoms with Crippen LogP contribution >= 0.6 is 11.3 Å². The van der Waals surface area contributed by atoms with Crippen molar-refractivity contribution in [3.05, 3.63) is 88.1 Å². The molecule has 142 valence electrons. The van der Waals surface area contributed by atoms with E-state index in [1.54, 1.807) is 30.5 Å². The van der Waals surface area contributed by atoms with Crippen molar-refractivity contribution < 1.29 is 13.2 Å². The van der Waals surface area contributed by atoms with Crippen molar-refractivity contribution in [2.24, 2.45) is 0 Å². The number of hydrogen-bond acceptors (Lipinski definition) is 4. The fraction of sp³-hybridized carbons (Fsp3) is 0.238. The molecule has 1 heterocycles. The van der Waals surface area contributed by atoms with Crippen molar-refractivity contribution >= 4 is 21.4 Å². The van der Waals surface area contributed by atoms with Gasteiger partial charge in [0.05, 0.1) is 18.1 Å². The molecule has 0 spiro atoms. The van der Waals surface area contributed by atoms with Crippen LogP contribution in [0.2, 0.25) is 0 Å². The van der Waals surface area contributed by atoms with E-state index >= 15 is 0 Å². The second kappa shape index (κ2) is 9.28. The van der Waals surface area contributed by atoms with Crippen LogP contribution in [0.5, 0.6) is 0 Å². The second-order valence-corrected chi connectivity index (χ2v) is 9.15. The van der Waals surface area contributed by atoms with Crippen molar-refractivity contribution in [2.45, 2.75) is 24.5 Å². The van der Waals surface area contributed by atoms with Crippen molar-refractivity contribution in [1.29, 1.82) is 0 Å². The van der Waals surface area contributed by atoms with Crippen LogP contribution in [0.3, 0.4) is 0 Å². The van der Waals surface area contributed by atoms with Crippen LogP contribution < -0.4 is 0 Å². The van der Waals surface area contributed by atoms with E-state index in [-0.39, 0.29) is 0 Å². The summed E-state index contributed by atoms with van der Waals surface area (Å²) in [4.78, 5) is 0.294. The Morgan fingerprint density at radius 1 is 0.926 bits per heavy atom. The molecule has 0 saturated carbocycles. The highest BCUT2D eigenvalue weighted by Gasteiger charge is 2.20.